The molecule has 0 unspecified atom stereocenters. The molecular formula is C29H38O3. The zero-order valence-electron chi connectivity index (χ0n) is 20.1. The van der Waals surface area contributed by atoms with Crippen molar-refractivity contribution in [2.45, 2.75) is 46.5 Å². The molecule has 0 radical (unpaired) electrons. The van der Waals surface area contributed by atoms with Crippen LogP contribution < -0.4 is 9.47 Å². The molecule has 0 aliphatic carbocycles. The van der Waals surface area contributed by atoms with Crippen LogP contribution in [0, 0.1) is 0 Å². The minimum Gasteiger partial charge on any atom is -0.493 e. The van der Waals surface area contributed by atoms with Crippen LogP contribution in [0.5, 0.6) is 11.5 Å². The molecule has 172 valence electrons. The Morgan fingerprint density at radius 2 is 1.22 bits per heavy atom. The lowest BCUT2D eigenvalue weighted by atomic mass is 10.0. The molecule has 3 heteroatoms. The van der Waals surface area contributed by atoms with E-state index in [4.69, 9.17) is 14.2 Å². The second kappa shape index (κ2) is 15.1. The molecule has 0 saturated carbocycles. The van der Waals surface area contributed by atoms with Crippen molar-refractivity contribution in [3.8, 4) is 11.5 Å². The van der Waals surface area contributed by atoms with E-state index in [-0.39, 0.29) is 0 Å². The molecule has 3 rings (SSSR count). The second-order valence-electron chi connectivity index (χ2n) is 7.85. The maximum atomic E-state index is 5.71. The van der Waals surface area contributed by atoms with Gasteiger partial charge in [0.2, 0.25) is 0 Å². The fraction of sp³-hybridized carbons (Fsp3) is 0.379. The first-order chi connectivity index (χ1) is 15.6. The Balaban J connectivity index is 0.000000229. The summed E-state index contributed by atoms with van der Waals surface area (Å²) in [5, 5.41) is 0. The summed E-state index contributed by atoms with van der Waals surface area (Å²) < 4.78 is 16.4. The van der Waals surface area contributed by atoms with Gasteiger partial charge in [0, 0.05) is 13.0 Å². The van der Waals surface area contributed by atoms with Crippen LogP contribution in [-0.4, -0.2) is 26.4 Å². The van der Waals surface area contributed by atoms with E-state index in [0.29, 0.717) is 19.1 Å². The summed E-state index contributed by atoms with van der Waals surface area (Å²) in [6, 6.07) is 27.0. The molecule has 0 saturated heterocycles. The van der Waals surface area contributed by atoms with E-state index in [2.05, 4.69) is 69.3 Å². The molecule has 0 atom stereocenters. The van der Waals surface area contributed by atoms with Gasteiger partial charge in [0.15, 0.2) is 0 Å². The van der Waals surface area contributed by atoms with Gasteiger partial charge in [0.1, 0.15) is 18.1 Å². The molecule has 0 amide bonds. The molecule has 3 aromatic rings. The van der Waals surface area contributed by atoms with Crippen molar-refractivity contribution in [2.24, 2.45) is 0 Å². The van der Waals surface area contributed by atoms with Gasteiger partial charge in [-0.3, -0.25) is 0 Å². The Hall–Kier alpha value is -2.78. The fourth-order valence-corrected chi connectivity index (χ4v) is 3.06. The summed E-state index contributed by atoms with van der Waals surface area (Å²) in [6.07, 6.45) is 2.03. The normalized spacial score (nSPS) is 10.4. The summed E-state index contributed by atoms with van der Waals surface area (Å²) in [5.41, 5.74) is 4.00. The van der Waals surface area contributed by atoms with Crippen LogP contribution in [0.1, 0.15) is 50.3 Å². The van der Waals surface area contributed by atoms with Crippen molar-refractivity contribution in [1.82, 2.24) is 0 Å². The molecule has 0 N–H and O–H groups in total. The minimum atomic E-state index is 0.572. The summed E-state index contributed by atoms with van der Waals surface area (Å²) in [6.45, 7) is 11.3. The third-order valence-corrected chi connectivity index (χ3v) is 5.08. The lowest BCUT2D eigenvalue weighted by Crippen LogP contribution is -2.06. The van der Waals surface area contributed by atoms with Crippen molar-refractivity contribution >= 4 is 0 Å². The molecular weight excluding hydrogens is 396 g/mol. The first-order valence-corrected chi connectivity index (χ1v) is 11.7. The molecule has 0 bridgehead atoms. The molecule has 0 fully saturated rings. The van der Waals surface area contributed by atoms with E-state index in [1.54, 1.807) is 0 Å². The number of rotatable bonds is 11. The Morgan fingerprint density at radius 3 is 1.78 bits per heavy atom. The van der Waals surface area contributed by atoms with Crippen molar-refractivity contribution in [3.63, 3.8) is 0 Å². The third kappa shape index (κ3) is 10.0. The minimum absolute atomic E-state index is 0.572. The van der Waals surface area contributed by atoms with Crippen LogP contribution in [0.25, 0.3) is 0 Å². The summed E-state index contributed by atoms with van der Waals surface area (Å²) >= 11 is 0. The van der Waals surface area contributed by atoms with Crippen LogP contribution in [0.3, 0.4) is 0 Å². The molecule has 0 heterocycles. The van der Waals surface area contributed by atoms with Gasteiger partial charge in [-0.25, -0.2) is 0 Å². The number of ether oxygens (including phenoxy) is 3. The lowest BCUT2D eigenvalue weighted by molar-refractivity contribution is 0.110. The Kier molecular flexibility index (Phi) is 12.0. The van der Waals surface area contributed by atoms with E-state index < -0.39 is 0 Å². The topological polar surface area (TPSA) is 27.7 Å². The van der Waals surface area contributed by atoms with Crippen LogP contribution in [0.15, 0.2) is 78.9 Å². The van der Waals surface area contributed by atoms with Gasteiger partial charge in [-0.1, -0.05) is 75.4 Å². The smallest absolute Gasteiger partial charge is 0.119 e. The maximum Gasteiger partial charge on any atom is 0.119 e. The van der Waals surface area contributed by atoms with Crippen molar-refractivity contribution < 1.29 is 14.2 Å². The molecule has 0 aliphatic rings. The largest absolute Gasteiger partial charge is 0.493 e. The SMILES string of the molecule is CCOCCOc1ccc(C(C)C)cc1.CCc1ccc(OCCc2ccccc2)cc1. The van der Waals surface area contributed by atoms with Crippen LogP contribution in [-0.2, 0) is 17.6 Å². The first kappa shape index (κ1) is 25.5. The number of hydrogen-bond acceptors (Lipinski definition) is 3. The van der Waals surface area contributed by atoms with Crippen LogP contribution in [0.2, 0.25) is 0 Å². The predicted octanol–water partition coefficient (Wildman–Crippen LogP) is 7.10. The summed E-state index contributed by atoms with van der Waals surface area (Å²) in [4.78, 5) is 0. The Bertz CT molecular complexity index is 840. The number of benzene rings is 3. The Morgan fingerprint density at radius 1 is 0.625 bits per heavy atom. The van der Waals surface area contributed by atoms with Crippen molar-refractivity contribution in [3.05, 3.63) is 95.6 Å². The van der Waals surface area contributed by atoms with E-state index in [1.807, 2.05) is 37.3 Å². The highest BCUT2D eigenvalue weighted by Crippen LogP contribution is 2.18. The number of aryl methyl sites for hydroxylation is 1. The van der Waals surface area contributed by atoms with Crippen molar-refractivity contribution in [1.29, 1.82) is 0 Å². The molecule has 3 aromatic carbocycles. The standard InChI is InChI=1S/C16H18O.C13H20O2/c1-2-14-8-10-16(11-9-14)17-13-12-15-6-4-3-5-7-15;1-4-14-9-10-15-13-7-5-12(6-8-13)11(2)3/h3-11H,2,12-13H2,1H3;5-8,11H,4,9-10H2,1-3H3. The van der Waals surface area contributed by atoms with Gasteiger partial charge in [0.05, 0.1) is 13.2 Å². The summed E-state index contributed by atoms with van der Waals surface area (Å²) in [5.74, 6) is 2.44. The van der Waals surface area contributed by atoms with Gasteiger partial charge in [-0.15, -0.1) is 0 Å². The number of hydrogen-bond donors (Lipinski definition) is 0. The quantitative estimate of drug-likeness (QED) is 0.301. The molecule has 0 spiro atoms. The maximum absolute atomic E-state index is 5.71. The van der Waals surface area contributed by atoms with Crippen molar-refractivity contribution in [2.75, 3.05) is 26.4 Å². The van der Waals surface area contributed by atoms with E-state index in [9.17, 15) is 0 Å². The summed E-state index contributed by atoms with van der Waals surface area (Å²) in [7, 11) is 0. The van der Waals surface area contributed by atoms with Gasteiger partial charge < -0.3 is 14.2 Å². The predicted molar refractivity (Wildman–Crippen MR) is 134 cm³/mol. The molecule has 32 heavy (non-hydrogen) atoms. The fourth-order valence-electron chi connectivity index (χ4n) is 3.06. The van der Waals surface area contributed by atoms with Gasteiger partial charge in [-0.2, -0.15) is 0 Å². The second-order valence-corrected chi connectivity index (χ2v) is 7.85. The zero-order chi connectivity index (χ0) is 23.0. The van der Waals surface area contributed by atoms with E-state index in [1.165, 1.54) is 16.7 Å². The zero-order valence-corrected chi connectivity index (χ0v) is 20.1. The molecule has 0 aromatic heterocycles. The van der Waals surface area contributed by atoms with E-state index in [0.717, 1.165) is 37.6 Å². The van der Waals surface area contributed by atoms with Gasteiger partial charge in [0.25, 0.3) is 0 Å². The molecule has 3 nitrogen and oxygen atoms in total. The molecule has 0 aliphatic heterocycles. The van der Waals surface area contributed by atoms with Gasteiger partial charge >= 0.3 is 0 Å². The Labute approximate surface area is 194 Å². The van der Waals surface area contributed by atoms with Crippen LogP contribution in [0.4, 0.5) is 0 Å². The average molecular weight is 435 g/mol. The van der Waals surface area contributed by atoms with Gasteiger partial charge in [-0.05, 0) is 60.2 Å². The lowest BCUT2D eigenvalue weighted by Gasteiger charge is -2.08. The monoisotopic (exact) mass is 434 g/mol. The highest BCUT2D eigenvalue weighted by molar-refractivity contribution is 5.29. The van der Waals surface area contributed by atoms with E-state index >= 15 is 0 Å². The first-order valence-electron chi connectivity index (χ1n) is 11.7. The highest BCUT2D eigenvalue weighted by atomic mass is 16.5. The average Bonchev–Trinajstić information content (AvgIpc) is 2.84. The van der Waals surface area contributed by atoms with Crippen LogP contribution >= 0.6 is 0 Å². The highest BCUT2D eigenvalue weighted by Gasteiger charge is 1.99. The third-order valence-electron chi connectivity index (χ3n) is 5.08.